The topological polar surface area (TPSA) is 78.9 Å². The molecule has 1 atom stereocenters. The monoisotopic (exact) mass is 991 g/mol. The van der Waals surface area contributed by atoms with Gasteiger partial charge in [-0.15, -0.1) is 0 Å². The highest BCUT2D eigenvalue weighted by atomic mass is 16.6. The van der Waals surface area contributed by atoms with Gasteiger partial charge in [0.1, 0.15) is 13.2 Å². The number of unbranched alkanes of at least 4 members (excludes halogenated alkanes) is 32. The van der Waals surface area contributed by atoms with Gasteiger partial charge in [0.2, 0.25) is 0 Å². The van der Waals surface area contributed by atoms with Crippen molar-refractivity contribution in [3.8, 4) is 0 Å². The summed E-state index contributed by atoms with van der Waals surface area (Å²) >= 11 is 0. The van der Waals surface area contributed by atoms with Crippen LogP contribution in [0.4, 0.5) is 0 Å². The van der Waals surface area contributed by atoms with Crippen LogP contribution in [0.3, 0.4) is 0 Å². The Morgan fingerprint density at radius 3 is 0.915 bits per heavy atom. The molecule has 0 rings (SSSR count). The van der Waals surface area contributed by atoms with E-state index in [1.54, 1.807) is 0 Å². The van der Waals surface area contributed by atoms with E-state index in [2.05, 4.69) is 93.7 Å². The molecule has 0 heterocycles. The largest absolute Gasteiger partial charge is 0.462 e. The molecule has 0 bridgehead atoms. The molecule has 6 heteroatoms. The minimum absolute atomic E-state index is 0.0979. The Balaban J connectivity index is 4.41. The molecule has 410 valence electrons. The molecule has 0 radical (unpaired) electrons. The highest BCUT2D eigenvalue weighted by molar-refractivity contribution is 5.71. The first-order valence-corrected chi connectivity index (χ1v) is 30.4. The Kier molecular flexibility index (Phi) is 56.8. The molecular weight excluding hydrogens is 877 g/mol. The maximum Gasteiger partial charge on any atom is 0.306 e. The van der Waals surface area contributed by atoms with E-state index < -0.39 is 6.10 Å². The van der Waals surface area contributed by atoms with E-state index in [9.17, 15) is 14.4 Å². The zero-order chi connectivity index (χ0) is 51.4. The SMILES string of the molecule is CC/C=C\C/C=C\C/C=C\C/C=C\C/C=C\CCCC(=O)OC(COC(=O)CCCCCCC/C=C\CCCCCCCC)COC(=O)CCCCCCCCCCCCCCCCCCCCCCC. The number of carbonyl (C=O) groups excluding carboxylic acids is 3. The molecular formula is C65H114O6. The van der Waals surface area contributed by atoms with E-state index in [4.69, 9.17) is 14.2 Å². The Labute approximate surface area is 440 Å². The number of allylic oxidation sites excluding steroid dienone is 12. The smallest absolute Gasteiger partial charge is 0.306 e. The van der Waals surface area contributed by atoms with Gasteiger partial charge in [0.05, 0.1) is 0 Å². The molecule has 0 aromatic heterocycles. The number of rotatable bonds is 55. The van der Waals surface area contributed by atoms with Crippen molar-refractivity contribution in [1.29, 1.82) is 0 Å². The first-order chi connectivity index (χ1) is 35.0. The van der Waals surface area contributed by atoms with Crippen molar-refractivity contribution in [2.45, 2.75) is 309 Å². The second kappa shape index (κ2) is 59.4. The van der Waals surface area contributed by atoms with Gasteiger partial charge in [-0.05, 0) is 83.5 Å². The van der Waals surface area contributed by atoms with E-state index in [0.29, 0.717) is 19.3 Å². The van der Waals surface area contributed by atoms with Gasteiger partial charge in [-0.3, -0.25) is 14.4 Å². The molecule has 0 aliphatic rings. The summed E-state index contributed by atoms with van der Waals surface area (Å²) in [4.78, 5) is 38.2. The molecule has 1 unspecified atom stereocenters. The average Bonchev–Trinajstić information content (AvgIpc) is 3.37. The molecule has 0 saturated heterocycles. The first kappa shape index (κ1) is 67.8. The van der Waals surface area contributed by atoms with Gasteiger partial charge < -0.3 is 14.2 Å². The maximum atomic E-state index is 12.8. The number of carbonyl (C=O) groups is 3. The highest BCUT2D eigenvalue weighted by Gasteiger charge is 2.19. The fourth-order valence-corrected chi connectivity index (χ4v) is 8.65. The fraction of sp³-hybridized carbons (Fsp3) is 0.769. The van der Waals surface area contributed by atoms with Gasteiger partial charge in [-0.2, -0.15) is 0 Å². The van der Waals surface area contributed by atoms with Crippen molar-refractivity contribution in [1.82, 2.24) is 0 Å². The van der Waals surface area contributed by atoms with Crippen LogP contribution < -0.4 is 0 Å². The summed E-state index contributed by atoms with van der Waals surface area (Å²) in [6.07, 6.45) is 76.2. The molecule has 0 aromatic carbocycles. The van der Waals surface area contributed by atoms with Crippen molar-refractivity contribution in [2.75, 3.05) is 13.2 Å². The Hall–Kier alpha value is -3.15. The van der Waals surface area contributed by atoms with Crippen LogP contribution in [0, 0.1) is 0 Å². The molecule has 0 fully saturated rings. The third-order valence-corrected chi connectivity index (χ3v) is 13.2. The van der Waals surface area contributed by atoms with Crippen molar-refractivity contribution in [3.05, 3.63) is 72.9 Å². The van der Waals surface area contributed by atoms with Gasteiger partial charge in [0, 0.05) is 19.3 Å². The summed E-state index contributed by atoms with van der Waals surface area (Å²) < 4.78 is 16.8. The molecule has 0 spiro atoms. The molecule has 0 N–H and O–H groups in total. The van der Waals surface area contributed by atoms with Gasteiger partial charge >= 0.3 is 17.9 Å². The van der Waals surface area contributed by atoms with E-state index in [-0.39, 0.29) is 37.5 Å². The van der Waals surface area contributed by atoms with Crippen LogP contribution in [-0.2, 0) is 28.6 Å². The molecule has 0 aliphatic carbocycles. The minimum Gasteiger partial charge on any atom is -0.462 e. The molecule has 0 amide bonds. The number of ether oxygens (including phenoxy) is 3. The lowest BCUT2D eigenvalue weighted by atomic mass is 10.0. The third kappa shape index (κ3) is 57.6. The lowest BCUT2D eigenvalue weighted by Crippen LogP contribution is -2.30. The van der Waals surface area contributed by atoms with Crippen LogP contribution in [0.15, 0.2) is 72.9 Å². The standard InChI is InChI=1S/C65H114O6/c1-4-7-10-13-16-19-22-25-28-30-31-32-33-35-37-40-43-46-49-52-55-58-64(67)70-61-62(60-69-63(66)57-54-51-48-45-42-39-36-27-24-21-18-15-12-9-6-3)71-65(68)59-56-53-50-47-44-41-38-34-29-26-23-20-17-14-11-8-5-2/h8,11,17,20,26-27,29,36,38,41,47,50,62H,4-7,9-10,12-16,18-19,21-25,28,30-35,37,39-40,42-46,48-49,51-61H2,1-3H3/b11-8-,20-17-,29-26-,36-27-,41-38-,50-47-. The highest BCUT2D eigenvalue weighted by Crippen LogP contribution is 2.17. The normalized spacial score (nSPS) is 12.5. The summed E-state index contributed by atoms with van der Waals surface area (Å²) in [7, 11) is 0. The maximum absolute atomic E-state index is 12.8. The summed E-state index contributed by atoms with van der Waals surface area (Å²) in [6, 6.07) is 0. The predicted octanol–water partition coefficient (Wildman–Crippen LogP) is 20.5. The number of esters is 3. The first-order valence-electron chi connectivity index (χ1n) is 30.4. The molecule has 0 saturated carbocycles. The van der Waals surface area contributed by atoms with E-state index >= 15 is 0 Å². The van der Waals surface area contributed by atoms with Crippen LogP contribution in [0.2, 0.25) is 0 Å². The molecule has 71 heavy (non-hydrogen) atoms. The summed E-state index contributed by atoms with van der Waals surface area (Å²) in [5.41, 5.74) is 0. The second-order valence-electron chi connectivity index (χ2n) is 20.2. The van der Waals surface area contributed by atoms with Crippen molar-refractivity contribution >= 4 is 17.9 Å². The van der Waals surface area contributed by atoms with Crippen LogP contribution in [0.25, 0.3) is 0 Å². The second-order valence-corrected chi connectivity index (χ2v) is 20.2. The quantitative estimate of drug-likeness (QED) is 0.0261. The number of hydrogen-bond acceptors (Lipinski definition) is 6. The van der Waals surface area contributed by atoms with Crippen molar-refractivity contribution < 1.29 is 28.6 Å². The average molecular weight is 992 g/mol. The van der Waals surface area contributed by atoms with Crippen LogP contribution in [-0.4, -0.2) is 37.2 Å². The predicted molar refractivity (Wildman–Crippen MR) is 307 cm³/mol. The van der Waals surface area contributed by atoms with E-state index in [1.165, 1.54) is 173 Å². The van der Waals surface area contributed by atoms with Gasteiger partial charge in [-0.25, -0.2) is 0 Å². The molecule has 6 nitrogen and oxygen atoms in total. The van der Waals surface area contributed by atoms with E-state index in [1.807, 2.05) is 0 Å². The zero-order valence-electron chi connectivity index (χ0n) is 47.0. The van der Waals surface area contributed by atoms with Crippen LogP contribution in [0.1, 0.15) is 303 Å². The fourth-order valence-electron chi connectivity index (χ4n) is 8.65. The van der Waals surface area contributed by atoms with Gasteiger partial charge in [-0.1, -0.05) is 273 Å². The lowest BCUT2D eigenvalue weighted by Gasteiger charge is -2.18. The number of hydrogen-bond donors (Lipinski definition) is 0. The zero-order valence-corrected chi connectivity index (χ0v) is 47.0. The van der Waals surface area contributed by atoms with Crippen molar-refractivity contribution in [2.24, 2.45) is 0 Å². The van der Waals surface area contributed by atoms with Gasteiger partial charge in [0.15, 0.2) is 6.10 Å². The Morgan fingerprint density at radius 1 is 0.296 bits per heavy atom. The van der Waals surface area contributed by atoms with Crippen molar-refractivity contribution in [3.63, 3.8) is 0 Å². The Morgan fingerprint density at radius 2 is 0.563 bits per heavy atom. The molecule has 0 aromatic rings. The summed E-state index contributed by atoms with van der Waals surface area (Å²) in [5.74, 6) is -0.953. The lowest BCUT2D eigenvalue weighted by molar-refractivity contribution is -0.167. The summed E-state index contributed by atoms with van der Waals surface area (Å²) in [5, 5.41) is 0. The Bertz CT molecular complexity index is 1320. The third-order valence-electron chi connectivity index (χ3n) is 13.2. The minimum atomic E-state index is -0.807. The van der Waals surface area contributed by atoms with Gasteiger partial charge in [0.25, 0.3) is 0 Å². The summed E-state index contributed by atoms with van der Waals surface area (Å²) in [6.45, 7) is 6.50. The molecule has 0 aliphatic heterocycles. The van der Waals surface area contributed by atoms with Crippen LogP contribution in [0.5, 0.6) is 0 Å². The van der Waals surface area contributed by atoms with Crippen LogP contribution >= 0.6 is 0 Å². The van der Waals surface area contributed by atoms with E-state index in [0.717, 1.165) is 83.5 Å².